The van der Waals surface area contributed by atoms with Gasteiger partial charge < -0.3 is 10.1 Å². The number of hydrogen-bond acceptors (Lipinski definition) is 3. The third kappa shape index (κ3) is 5.27. The first-order valence-corrected chi connectivity index (χ1v) is 7.66. The second-order valence-corrected chi connectivity index (χ2v) is 5.74. The molecule has 0 spiro atoms. The first-order valence-electron chi connectivity index (χ1n) is 6.90. The average molecular weight is 352 g/mol. The zero-order valence-corrected chi connectivity index (χ0v) is 13.9. The number of benzene rings is 2. The van der Waals surface area contributed by atoms with Gasteiger partial charge in [-0.3, -0.25) is 9.59 Å². The van der Waals surface area contributed by atoms with Gasteiger partial charge in [-0.05, 0) is 17.7 Å². The molecule has 23 heavy (non-hydrogen) atoms. The summed E-state index contributed by atoms with van der Waals surface area (Å²) in [4.78, 5) is 23.0. The number of carbonyl (C=O) groups excluding carboxylic acids is 2. The highest BCUT2D eigenvalue weighted by Crippen LogP contribution is 2.27. The van der Waals surface area contributed by atoms with E-state index in [1.807, 2.05) is 0 Å². The van der Waals surface area contributed by atoms with Gasteiger partial charge in [0.25, 0.3) is 0 Å². The molecule has 0 radical (unpaired) electrons. The highest BCUT2D eigenvalue weighted by atomic mass is 35.5. The Bertz CT molecular complexity index is 714. The lowest BCUT2D eigenvalue weighted by Gasteiger charge is -2.08. The van der Waals surface area contributed by atoms with Crippen molar-refractivity contribution in [1.29, 1.82) is 0 Å². The minimum Gasteiger partial charge on any atom is -0.484 e. The summed E-state index contributed by atoms with van der Waals surface area (Å²) in [6, 6.07) is 11.8. The minimum absolute atomic E-state index is 0.100. The highest BCUT2D eigenvalue weighted by Gasteiger charge is 2.09. The van der Waals surface area contributed by atoms with Crippen LogP contribution in [0.3, 0.4) is 0 Å². The summed E-state index contributed by atoms with van der Waals surface area (Å²) in [6.45, 7) is 1.75. The van der Waals surface area contributed by atoms with Crippen molar-refractivity contribution in [2.45, 2.75) is 13.5 Å². The Morgan fingerprint density at radius 3 is 2.43 bits per heavy atom. The molecule has 4 nitrogen and oxygen atoms in total. The minimum atomic E-state index is -0.174. The van der Waals surface area contributed by atoms with Crippen LogP contribution >= 0.6 is 23.2 Å². The zero-order valence-electron chi connectivity index (χ0n) is 12.4. The van der Waals surface area contributed by atoms with Crippen molar-refractivity contribution >= 4 is 34.9 Å². The number of rotatable bonds is 6. The number of carbonyl (C=O) groups is 2. The standard InChI is InChI=1S/C17H15Cl2NO3/c1-11(21)20-9-12-2-4-13(5-3-12)16(22)10-23-17-8-14(18)6-7-15(17)19/h2-8H,9-10H2,1H3,(H,20,21). The lowest BCUT2D eigenvalue weighted by molar-refractivity contribution is -0.119. The van der Waals surface area contributed by atoms with Crippen LogP contribution in [-0.4, -0.2) is 18.3 Å². The summed E-state index contributed by atoms with van der Waals surface area (Å²) in [6.07, 6.45) is 0. The molecule has 0 aliphatic carbocycles. The number of hydrogen-bond donors (Lipinski definition) is 1. The predicted octanol–water partition coefficient (Wildman–Crippen LogP) is 3.89. The monoisotopic (exact) mass is 351 g/mol. The molecule has 2 aromatic rings. The maximum Gasteiger partial charge on any atom is 0.217 e. The summed E-state index contributed by atoms with van der Waals surface area (Å²) in [7, 11) is 0. The van der Waals surface area contributed by atoms with Crippen molar-refractivity contribution in [2.75, 3.05) is 6.61 Å². The molecule has 0 heterocycles. The summed E-state index contributed by atoms with van der Waals surface area (Å²) < 4.78 is 5.42. The Balaban J connectivity index is 1.95. The average Bonchev–Trinajstić information content (AvgIpc) is 2.54. The molecule has 0 saturated heterocycles. The Labute approximate surface area is 144 Å². The van der Waals surface area contributed by atoms with Gasteiger partial charge in [0, 0.05) is 30.1 Å². The molecule has 0 fully saturated rings. The van der Waals surface area contributed by atoms with Gasteiger partial charge in [-0.1, -0.05) is 47.5 Å². The lowest BCUT2D eigenvalue weighted by Crippen LogP contribution is -2.19. The summed E-state index contributed by atoms with van der Waals surface area (Å²) >= 11 is 11.8. The fraction of sp³-hybridized carbons (Fsp3) is 0.176. The van der Waals surface area contributed by atoms with Crippen molar-refractivity contribution < 1.29 is 14.3 Å². The highest BCUT2D eigenvalue weighted by molar-refractivity contribution is 6.34. The van der Waals surface area contributed by atoms with Crippen LogP contribution in [0.1, 0.15) is 22.8 Å². The Morgan fingerprint density at radius 1 is 1.09 bits per heavy atom. The summed E-state index contributed by atoms with van der Waals surface area (Å²) in [5, 5.41) is 3.57. The van der Waals surface area contributed by atoms with Crippen LogP contribution in [0.2, 0.25) is 10.0 Å². The molecule has 0 unspecified atom stereocenters. The van der Waals surface area contributed by atoms with Crippen LogP contribution in [-0.2, 0) is 11.3 Å². The second kappa shape index (κ2) is 7.99. The van der Waals surface area contributed by atoms with E-state index in [2.05, 4.69) is 5.32 Å². The first-order chi connectivity index (χ1) is 11.0. The van der Waals surface area contributed by atoms with Crippen molar-refractivity contribution in [3.8, 4) is 5.75 Å². The van der Waals surface area contributed by atoms with Crippen LogP contribution in [0, 0.1) is 0 Å². The molecular formula is C17H15Cl2NO3. The molecule has 0 bridgehead atoms. The number of amides is 1. The molecule has 0 aromatic heterocycles. The van der Waals surface area contributed by atoms with E-state index in [-0.39, 0.29) is 18.3 Å². The quantitative estimate of drug-likeness (QED) is 0.803. The third-order valence-corrected chi connectivity index (χ3v) is 3.62. The number of halogens is 2. The molecule has 120 valence electrons. The molecule has 2 aromatic carbocycles. The zero-order chi connectivity index (χ0) is 16.8. The molecule has 0 saturated carbocycles. The smallest absolute Gasteiger partial charge is 0.217 e. The van der Waals surface area contributed by atoms with E-state index in [1.165, 1.54) is 6.92 Å². The van der Waals surface area contributed by atoms with E-state index < -0.39 is 0 Å². The van der Waals surface area contributed by atoms with E-state index in [9.17, 15) is 9.59 Å². The van der Waals surface area contributed by atoms with Gasteiger partial charge in [-0.2, -0.15) is 0 Å². The van der Waals surface area contributed by atoms with E-state index in [0.717, 1.165) is 5.56 Å². The van der Waals surface area contributed by atoms with Gasteiger partial charge in [0.05, 0.1) is 5.02 Å². The van der Waals surface area contributed by atoms with Gasteiger partial charge >= 0.3 is 0 Å². The number of ether oxygens (including phenoxy) is 1. The van der Waals surface area contributed by atoms with Crippen LogP contribution in [0.5, 0.6) is 5.75 Å². The van der Waals surface area contributed by atoms with Gasteiger partial charge in [-0.25, -0.2) is 0 Å². The Morgan fingerprint density at radius 2 is 1.78 bits per heavy atom. The number of nitrogens with one attached hydrogen (secondary N) is 1. The maximum atomic E-state index is 12.1. The second-order valence-electron chi connectivity index (χ2n) is 4.89. The fourth-order valence-electron chi connectivity index (χ4n) is 1.85. The molecule has 0 atom stereocenters. The fourth-order valence-corrected chi connectivity index (χ4v) is 2.18. The Kier molecular flexibility index (Phi) is 6.02. The van der Waals surface area contributed by atoms with Crippen LogP contribution in [0.25, 0.3) is 0 Å². The Hall–Kier alpha value is -2.04. The van der Waals surface area contributed by atoms with Gasteiger partial charge in [0.2, 0.25) is 5.91 Å². The first kappa shape index (κ1) is 17.3. The van der Waals surface area contributed by atoms with Crippen LogP contribution < -0.4 is 10.1 Å². The van der Waals surface area contributed by atoms with Gasteiger partial charge in [0.1, 0.15) is 5.75 Å². The van der Waals surface area contributed by atoms with Crippen molar-refractivity contribution in [2.24, 2.45) is 0 Å². The summed E-state index contributed by atoms with van der Waals surface area (Å²) in [5.74, 6) is 0.0962. The van der Waals surface area contributed by atoms with E-state index in [0.29, 0.717) is 27.9 Å². The van der Waals surface area contributed by atoms with Crippen LogP contribution in [0.4, 0.5) is 0 Å². The van der Waals surface area contributed by atoms with Gasteiger partial charge in [0.15, 0.2) is 12.4 Å². The molecule has 6 heteroatoms. The third-order valence-electron chi connectivity index (χ3n) is 3.07. The van der Waals surface area contributed by atoms with Crippen molar-refractivity contribution in [3.63, 3.8) is 0 Å². The SMILES string of the molecule is CC(=O)NCc1ccc(C(=O)COc2cc(Cl)ccc2Cl)cc1. The summed E-state index contributed by atoms with van der Waals surface area (Å²) in [5.41, 5.74) is 1.44. The topological polar surface area (TPSA) is 55.4 Å². The molecule has 1 N–H and O–H groups in total. The molecule has 0 aliphatic rings. The van der Waals surface area contributed by atoms with E-state index in [4.69, 9.17) is 27.9 Å². The van der Waals surface area contributed by atoms with Crippen molar-refractivity contribution in [3.05, 3.63) is 63.6 Å². The largest absolute Gasteiger partial charge is 0.484 e. The number of Topliss-reactive ketones (excluding diaryl/α,β-unsaturated/α-hetero) is 1. The van der Waals surface area contributed by atoms with E-state index >= 15 is 0 Å². The molecule has 1 amide bonds. The normalized spacial score (nSPS) is 10.2. The number of ketones is 1. The molecular weight excluding hydrogens is 337 g/mol. The van der Waals surface area contributed by atoms with Crippen LogP contribution in [0.15, 0.2) is 42.5 Å². The maximum absolute atomic E-state index is 12.1. The van der Waals surface area contributed by atoms with Crippen molar-refractivity contribution in [1.82, 2.24) is 5.32 Å². The lowest BCUT2D eigenvalue weighted by atomic mass is 10.1. The van der Waals surface area contributed by atoms with E-state index in [1.54, 1.807) is 42.5 Å². The molecule has 2 rings (SSSR count). The van der Waals surface area contributed by atoms with Gasteiger partial charge in [-0.15, -0.1) is 0 Å². The molecule has 0 aliphatic heterocycles. The predicted molar refractivity (Wildman–Crippen MR) is 90.3 cm³/mol.